The van der Waals surface area contributed by atoms with Crippen LogP contribution in [0, 0.1) is 0 Å². The van der Waals surface area contributed by atoms with Crippen LogP contribution in [0.3, 0.4) is 0 Å². The van der Waals surface area contributed by atoms with Crippen molar-refractivity contribution >= 4 is 27.7 Å². The van der Waals surface area contributed by atoms with E-state index in [4.69, 9.17) is 0 Å². The van der Waals surface area contributed by atoms with Crippen LogP contribution in [0.15, 0.2) is 67.0 Å². The van der Waals surface area contributed by atoms with Crippen molar-refractivity contribution in [3.05, 3.63) is 78.4 Å². The van der Waals surface area contributed by atoms with Gasteiger partial charge < -0.3 is 4.98 Å². The number of fused-ring (bicyclic) bond motifs is 2. The van der Waals surface area contributed by atoms with Crippen LogP contribution in [0.2, 0.25) is 0 Å². The fraction of sp³-hybridized carbons (Fsp3) is 0.0476. The highest BCUT2D eigenvalue weighted by atomic mass is 16.1. The van der Waals surface area contributed by atoms with Crippen molar-refractivity contribution < 1.29 is 4.79 Å². The molecule has 6 heteroatoms. The number of aromatic nitrogens is 5. The summed E-state index contributed by atoms with van der Waals surface area (Å²) < 4.78 is 0. The standard InChI is InChI=1S/C21H15N5O/c27-19(10-13-4-2-1-3-5-13)21-23-17-11-15-16(12-18(17)24-21)25-26-20(15)14-6-8-22-9-7-14/h1-9,11-12H,10H2,(H,23,24)(H,25,26). The molecule has 0 saturated carbocycles. The first kappa shape index (κ1) is 15.5. The number of Topliss-reactive ketones (excluding diaryl/α,β-unsaturated/α-hetero) is 1. The molecule has 0 bridgehead atoms. The second kappa shape index (κ2) is 6.17. The average molecular weight is 353 g/mol. The number of aromatic amines is 2. The highest BCUT2D eigenvalue weighted by Gasteiger charge is 2.15. The third-order valence-corrected chi connectivity index (χ3v) is 4.59. The Labute approximate surface area is 154 Å². The molecular weight excluding hydrogens is 338 g/mol. The number of hydrogen-bond acceptors (Lipinski definition) is 4. The van der Waals surface area contributed by atoms with Crippen molar-refractivity contribution in [2.24, 2.45) is 0 Å². The SMILES string of the molecule is O=C(Cc1ccccc1)c1nc2cc3[nH]nc(-c4ccncc4)c3cc2[nH]1. The zero-order chi connectivity index (χ0) is 18.2. The molecule has 27 heavy (non-hydrogen) atoms. The monoisotopic (exact) mass is 353 g/mol. The molecule has 0 spiro atoms. The van der Waals surface area contributed by atoms with Crippen LogP contribution in [0.4, 0.5) is 0 Å². The predicted molar refractivity (Wildman–Crippen MR) is 103 cm³/mol. The van der Waals surface area contributed by atoms with Gasteiger partial charge in [-0.25, -0.2) is 4.98 Å². The van der Waals surface area contributed by atoms with E-state index in [-0.39, 0.29) is 5.78 Å². The number of nitrogens with zero attached hydrogens (tertiary/aromatic N) is 3. The van der Waals surface area contributed by atoms with Crippen molar-refractivity contribution in [2.45, 2.75) is 6.42 Å². The van der Waals surface area contributed by atoms with Gasteiger partial charge in [-0.2, -0.15) is 5.10 Å². The van der Waals surface area contributed by atoms with Gasteiger partial charge in [-0.05, 0) is 29.8 Å². The molecule has 5 aromatic rings. The van der Waals surface area contributed by atoms with Crippen LogP contribution in [0.5, 0.6) is 0 Å². The summed E-state index contributed by atoms with van der Waals surface area (Å²) in [6.07, 6.45) is 3.80. The normalized spacial score (nSPS) is 11.3. The minimum absolute atomic E-state index is 0.0338. The lowest BCUT2D eigenvalue weighted by molar-refractivity contribution is 0.0984. The minimum atomic E-state index is -0.0338. The van der Waals surface area contributed by atoms with Crippen molar-refractivity contribution in [3.63, 3.8) is 0 Å². The molecule has 0 aliphatic rings. The number of carbonyl (C=O) groups is 1. The molecule has 0 atom stereocenters. The Morgan fingerprint density at radius 1 is 0.963 bits per heavy atom. The van der Waals surface area contributed by atoms with Gasteiger partial charge in [0.2, 0.25) is 5.78 Å². The molecule has 5 rings (SSSR count). The molecular formula is C21H15N5O. The maximum atomic E-state index is 12.6. The van der Waals surface area contributed by atoms with Crippen molar-refractivity contribution in [3.8, 4) is 11.3 Å². The third kappa shape index (κ3) is 2.77. The fourth-order valence-electron chi connectivity index (χ4n) is 3.25. The van der Waals surface area contributed by atoms with Crippen LogP contribution in [-0.2, 0) is 6.42 Å². The third-order valence-electron chi connectivity index (χ3n) is 4.59. The number of ketones is 1. The number of benzene rings is 2. The summed E-state index contributed by atoms with van der Waals surface area (Å²) in [5.74, 6) is 0.341. The van der Waals surface area contributed by atoms with Crippen molar-refractivity contribution in [1.82, 2.24) is 25.1 Å². The quantitative estimate of drug-likeness (QED) is 0.479. The Morgan fingerprint density at radius 3 is 2.59 bits per heavy atom. The number of carbonyl (C=O) groups excluding carboxylic acids is 1. The first-order chi connectivity index (χ1) is 13.3. The van der Waals surface area contributed by atoms with Crippen LogP contribution in [0.1, 0.15) is 16.2 Å². The summed E-state index contributed by atoms with van der Waals surface area (Å²) in [6.45, 7) is 0. The van der Waals surface area contributed by atoms with E-state index in [1.807, 2.05) is 54.6 Å². The van der Waals surface area contributed by atoms with E-state index in [1.54, 1.807) is 12.4 Å². The predicted octanol–water partition coefficient (Wildman–Crippen LogP) is 3.93. The van der Waals surface area contributed by atoms with Gasteiger partial charge in [0.25, 0.3) is 0 Å². The van der Waals surface area contributed by atoms with E-state index in [0.29, 0.717) is 12.2 Å². The van der Waals surface area contributed by atoms with E-state index in [9.17, 15) is 4.79 Å². The molecule has 0 radical (unpaired) electrons. The summed E-state index contributed by atoms with van der Waals surface area (Å²) in [5, 5.41) is 8.44. The van der Waals surface area contributed by atoms with Crippen LogP contribution in [-0.4, -0.2) is 30.9 Å². The highest BCUT2D eigenvalue weighted by molar-refractivity contribution is 6.03. The van der Waals surface area contributed by atoms with Crippen LogP contribution in [0.25, 0.3) is 33.2 Å². The molecule has 0 aliphatic heterocycles. The molecule has 0 amide bonds. The van der Waals surface area contributed by atoms with Gasteiger partial charge in [0.15, 0.2) is 5.82 Å². The number of pyridine rings is 1. The summed E-state index contributed by atoms with van der Waals surface area (Å²) >= 11 is 0. The number of H-pyrrole nitrogens is 2. The largest absolute Gasteiger partial charge is 0.335 e. The maximum absolute atomic E-state index is 12.6. The molecule has 0 saturated heterocycles. The Balaban J connectivity index is 1.55. The van der Waals surface area contributed by atoms with Crippen LogP contribution >= 0.6 is 0 Å². The number of imidazole rings is 1. The van der Waals surface area contributed by atoms with E-state index < -0.39 is 0 Å². The molecule has 2 N–H and O–H groups in total. The van der Waals surface area contributed by atoms with Gasteiger partial charge in [-0.1, -0.05) is 30.3 Å². The van der Waals surface area contributed by atoms with E-state index >= 15 is 0 Å². The molecule has 2 aromatic carbocycles. The van der Waals surface area contributed by atoms with Gasteiger partial charge in [-0.15, -0.1) is 0 Å². The maximum Gasteiger partial charge on any atom is 0.202 e. The zero-order valence-corrected chi connectivity index (χ0v) is 14.3. The number of hydrogen-bond donors (Lipinski definition) is 2. The zero-order valence-electron chi connectivity index (χ0n) is 14.3. The van der Waals surface area contributed by atoms with Crippen molar-refractivity contribution in [1.29, 1.82) is 0 Å². The van der Waals surface area contributed by atoms with E-state index in [1.165, 1.54) is 0 Å². The molecule has 6 nitrogen and oxygen atoms in total. The second-order valence-electron chi connectivity index (χ2n) is 6.39. The average Bonchev–Trinajstić information content (AvgIpc) is 3.31. The molecule has 130 valence electrons. The van der Waals surface area contributed by atoms with Gasteiger partial charge in [0, 0.05) is 29.8 Å². The van der Waals surface area contributed by atoms with Crippen LogP contribution < -0.4 is 0 Å². The molecule has 0 fully saturated rings. The fourth-order valence-corrected chi connectivity index (χ4v) is 3.25. The van der Waals surface area contributed by atoms with Crippen molar-refractivity contribution in [2.75, 3.05) is 0 Å². The Morgan fingerprint density at radius 2 is 1.78 bits per heavy atom. The van der Waals surface area contributed by atoms with Gasteiger partial charge in [-0.3, -0.25) is 14.9 Å². The molecule has 0 unspecified atom stereocenters. The van der Waals surface area contributed by atoms with E-state index in [2.05, 4.69) is 25.1 Å². The minimum Gasteiger partial charge on any atom is -0.335 e. The number of nitrogens with one attached hydrogen (secondary N) is 2. The molecule has 3 aromatic heterocycles. The lowest BCUT2D eigenvalue weighted by Gasteiger charge is -1.97. The summed E-state index contributed by atoms with van der Waals surface area (Å²) in [4.78, 5) is 24.3. The smallest absolute Gasteiger partial charge is 0.202 e. The first-order valence-electron chi connectivity index (χ1n) is 8.63. The molecule has 3 heterocycles. The molecule has 0 aliphatic carbocycles. The van der Waals surface area contributed by atoms with E-state index in [0.717, 1.165) is 38.8 Å². The van der Waals surface area contributed by atoms with Gasteiger partial charge in [0.1, 0.15) is 5.69 Å². The van der Waals surface area contributed by atoms with Gasteiger partial charge in [0.05, 0.1) is 16.6 Å². The lowest BCUT2D eigenvalue weighted by Crippen LogP contribution is -2.05. The second-order valence-corrected chi connectivity index (χ2v) is 6.39. The Bertz CT molecular complexity index is 1260. The lowest BCUT2D eigenvalue weighted by atomic mass is 10.1. The highest BCUT2D eigenvalue weighted by Crippen LogP contribution is 2.28. The Hall–Kier alpha value is -3.80. The first-order valence-corrected chi connectivity index (χ1v) is 8.63. The van der Waals surface area contributed by atoms with Gasteiger partial charge >= 0.3 is 0 Å². The topological polar surface area (TPSA) is 87.3 Å². The summed E-state index contributed by atoms with van der Waals surface area (Å²) in [5.41, 5.74) is 5.23. The number of rotatable bonds is 4. The summed E-state index contributed by atoms with van der Waals surface area (Å²) in [7, 11) is 0. The summed E-state index contributed by atoms with van der Waals surface area (Å²) in [6, 6.07) is 17.4. The Kier molecular flexibility index (Phi) is 3.53.